The third-order valence-electron chi connectivity index (χ3n) is 5.07. The minimum Gasteiger partial charge on any atom is -0.207 e. The minimum absolute atomic E-state index is 0.111. The summed E-state index contributed by atoms with van der Waals surface area (Å²) < 4.78 is 13.4. The maximum absolute atomic E-state index is 13.4. The molecule has 1 unspecified atom stereocenters. The summed E-state index contributed by atoms with van der Waals surface area (Å²) in [4.78, 5) is 0. The van der Waals surface area contributed by atoms with Gasteiger partial charge in [0, 0.05) is 5.92 Å². The van der Waals surface area contributed by atoms with Crippen LogP contribution in [-0.4, -0.2) is 0 Å². The van der Waals surface area contributed by atoms with Crippen LogP contribution in [0.1, 0.15) is 35.1 Å². The molecular weight excluding hydrogens is 319 g/mol. The van der Waals surface area contributed by atoms with Gasteiger partial charge in [-0.25, -0.2) is 4.39 Å². The molecule has 0 radical (unpaired) electrons. The lowest BCUT2D eigenvalue weighted by atomic mass is 9.83. The van der Waals surface area contributed by atoms with Gasteiger partial charge in [-0.2, -0.15) is 0 Å². The fraction of sp³-hybridized carbons (Fsp3) is 0.120. The second-order valence-electron chi connectivity index (χ2n) is 6.83. The number of fused-ring (bicyclic) bond motifs is 1. The van der Waals surface area contributed by atoms with Crippen LogP contribution >= 0.6 is 0 Å². The monoisotopic (exact) mass is 340 g/mol. The van der Waals surface area contributed by atoms with Crippen LogP contribution < -0.4 is 0 Å². The molecule has 0 nitrogen and oxygen atoms in total. The van der Waals surface area contributed by atoms with Crippen molar-refractivity contribution in [2.45, 2.75) is 19.3 Å². The van der Waals surface area contributed by atoms with Gasteiger partial charge >= 0.3 is 0 Å². The van der Waals surface area contributed by atoms with Crippen molar-refractivity contribution in [2.24, 2.45) is 0 Å². The van der Waals surface area contributed by atoms with E-state index in [1.807, 2.05) is 18.2 Å². The van der Waals surface area contributed by atoms with Gasteiger partial charge in [0.15, 0.2) is 0 Å². The molecule has 0 saturated carbocycles. The van der Waals surface area contributed by atoms with E-state index in [-0.39, 0.29) is 11.7 Å². The van der Waals surface area contributed by atoms with Crippen molar-refractivity contribution in [1.29, 1.82) is 0 Å². The summed E-state index contributed by atoms with van der Waals surface area (Å²) in [5.41, 5.74) is 7.62. The van der Waals surface area contributed by atoms with Crippen molar-refractivity contribution in [1.82, 2.24) is 0 Å². The van der Waals surface area contributed by atoms with Gasteiger partial charge in [0.05, 0.1) is 0 Å². The Hall–Kier alpha value is -2.93. The first-order valence-corrected chi connectivity index (χ1v) is 8.98. The van der Waals surface area contributed by atoms with E-state index in [9.17, 15) is 4.39 Å². The van der Waals surface area contributed by atoms with Gasteiger partial charge in [-0.05, 0) is 58.9 Å². The Labute approximate surface area is 154 Å². The summed E-state index contributed by atoms with van der Waals surface area (Å²) >= 11 is 0. The third kappa shape index (κ3) is 3.39. The van der Waals surface area contributed by atoms with Gasteiger partial charge in [0.2, 0.25) is 0 Å². The van der Waals surface area contributed by atoms with Gasteiger partial charge < -0.3 is 0 Å². The van der Waals surface area contributed by atoms with Crippen molar-refractivity contribution >= 4 is 6.08 Å². The largest absolute Gasteiger partial charge is 0.207 e. The first-order chi connectivity index (χ1) is 12.7. The lowest BCUT2D eigenvalue weighted by Crippen LogP contribution is -2.05. The summed E-state index contributed by atoms with van der Waals surface area (Å²) in [6, 6.07) is 25.8. The van der Waals surface area contributed by atoms with Crippen LogP contribution in [0.4, 0.5) is 4.39 Å². The molecular formula is C25H21F. The standard InChI is InChI=1S/C25H21F/c1-18-15-21-9-5-6-10-22(21)16-23(18)17-25(19-7-3-2-4-8-19)20-11-13-24(26)14-12-20/h2-15,17,25H,16H2,1H3. The number of benzene rings is 3. The zero-order valence-electron chi connectivity index (χ0n) is 14.8. The average molecular weight is 340 g/mol. The van der Waals surface area contributed by atoms with E-state index < -0.39 is 0 Å². The van der Waals surface area contributed by atoms with Crippen LogP contribution in [-0.2, 0) is 6.42 Å². The van der Waals surface area contributed by atoms with Crippen molar-refractivity contribution in [3.8, 4) is 0 Å². The predicted octanol–water partition coefficient (Wildman–Crippen LogP) is 6.54. The molecule has 0 saturated heterocycles. The molecule has 3 aromatic rings. The van der Waals surface area contributed by atoms with Gasteiger partial charge in [-0.3, -0.25) is 0 Å². The molecule has 0 heterocycles. The molecule has 1 atom stereocenters. The van der Waals surface area contributed by atoms with Crippen molar-refractivity contribution in [3.63, 3.8) is 0 Å². The van der Waals surface area contributed by atoms with Crippen LogP contribution in [0.15, 0.2) is 96.1 Å². The van der Waals surface area contributed by atoms with Gasteiger partial charge in [0.1, 0.15) is 5.82 Å². The molecule has 4 rings (SSSR count). The second kappa shape index (κ2) is 7.13. The van der Waals surface area contributed by atoms with E-state index in [1.165, 1.54) is 27.8 Å². The fourth-order valence-electron chi connectivity index (χ4n) is 3.61. The average Bonchev–Trinajstić information content (AvgIpc) is 2.68. The maximum atomic E-state index is 13.4. The SMILES string of the molecule is CC1=Cc2ccccc2CC1=CC(c1ccccc1)c1ccc(F)cc1. The molecule has 128 valence electrons. The molecule has 0 amide bonds. The molecule has 0 aliphatic heterocycles. The molecule has 0 spiro atoms. The fourth-order valence-corrected chi connectivity index (χ4v) is 3.61. The van der Waals surface area contributed by atoms with E-state index in [0.717, 1.165) is 12.0 Å². The van der Waals surface area contributed by atoms with Crippen LogP contribution in [0.25, 0.3) is 6.08 Å². The molecule has 1 aliphatic carbocycles. The lowest BCUT2D eigenvalue weighted by molar-refractivity contribution is 0.627. The quantitative estimate of drug-likeness (QED) is 0.507. The highest BCUT2D eigenvalue weighted by atomic mass is 19.1. The number of hydrogen-bond donors (Lipinski definition) is 0. The maximum Gasteiger partial charge on any atom is 0.123 e. The molecule has 0 N–H and O–H groups in total. The smallest absolute Gasteiger partial charge is 0.123 e. The zero-order valence-corrected chi connectivity index (χ0v) is 14.8. The molecule has 26 heavy (non-hydrogen) atoms. The topological polar surface area (TPSA) is 0 Å². The number of hydrogen-bond acceptors (Lipinski definition) is 0. The summed E-state index contributed by atoms with van der Waals surface area (Å²) in [5, 5.41) is 0. The Kier molecular flexibility index (Phi) is 4.53. The van der Waals surface area contributed by atoms with Crippen LogP contribution in [0.2, 0.25) is 0 Å². The minimum atomic E-state index is -0.198. The van der Waals surface area contributed by atoms with Crippen LogP contribution in [0, 0.1) is 5.82 Å². The Morgan fingerprint density at radius 1 is 0.808 bits per heavy atom. The highest BCUT2D eigenvalue weighted by molar-refractivity contribution is 5.66. The van der Waals surface area contributed by atoms with Crippen molar-refractivity contribution < 1.29 is 4.39 Å². The van der Waals surface area contributed by atoms with E-state index in [0.29, 0.717) is 0 Å². The Bertz CT molecular complexity index is 963. The second-order valence-corrected chi connectivity index (χ2v) is 6.83. The lowest BCUT2D eigenvalue weighted by Gasteiger charge is -2.21. The van der Waals surface area contributed by atoms with Crippen molar-refractivity contribution in [3.05, 3.63) is 124 Å². The molecule has 3 aromatic carbocycles. The molecule has 1 aliphatic rings. The van der Waals surface area contributed by atoms with Gasteiger partial charge in [-0.1, -0.05) is 78.9 Å². The van der Waals surface area contributed by atoms with Crippen molar-refractivity contribution in [2.75, 3.05) is 0 Å². The predicted molar refractivity (Wildman–Crippen MR) is 107 cm³/mol. The third-order valence-corrected chi connectivity index (χ3v) is 5.07. The van der Waals surface area contributed by atoms with Gasteiger partial charge in [-0.15, -0.1) is 0 Å². The summed E-state index contributed by atoms with van der Waals surface area (Å²) in [6.07, 6.45) is 5.53. The summed E-state index contributed by atoms with van der Waals surface area (Å²) in [7, 11) is 0. The first-order valence-electron chi connectivity index (χ1n) is 8.98. The number of allylic oxidation sites excluding steroid dienone is 3. The van der Waals surface area contributed by atoms with E-state index >= 15 is 0 Å². The number of halogens is 1. The first kappa shape index (κ1) is 16.5. The molecule has 0 bridgehead atoms. The molecule has 0 aromatic heterocycles. The Balaban J connectivity index is 1.78. The summed E-state index contributed by atoms with van der Waals surface area (Å²) in [5.74, 6) is -0.0868. The highest BCUT2D eigenvalue weighted by Gasteiger charge is 2.17. The highest BCUT2D eigenvalue weighted by Crippen LogP contribution is 2.33. The molecule has 0 fully saturated rings. The zero-order chi connectivity index (χ0) is 17.9. The van der Waals surface area contributed by atoms with Gasteiger partial charge in [0.25, 0.3) is 0 Å². The van der Waals surface area contributed by atoms with Crippen LogP contribution in [0.3, 0.4) is 0 Å². The van der Waals surface area contributed by atoms with Crippen LogP contribution in [0.5, 0.6) is 0 Å². The molecule has 1 heteroatoms. The van der Waals surface area contributed by atoms with E-state index in [2.05, 4.69) is 67.6 Å². The normalized spacial score (nSPS) is 16.1. The van der Waals surface area contributed by atoms with E-state index in [4.69, 9.17) is 0 Å². The number of rotatable bonds is 3. The Morgan fingerprint density at radius 2 is 1.46 bits per heavy atom. The summed E-state index contributed by atoms with van der Waals surface area (Å²) in [6.45, 7) is 2.18. The Morgan fingerprint density at radius 3 is 2.23 bits per heavy atom. The van der Waals surface area contributed by atoms with E-state index in [1.54, 1.807) is 12.1 Å².